The number of likely N-dealkylation sites (N-methyl/N-ethyl adjacent to an activating group) is 1. The molecule has 0 saturated carbocycles. The van der Waals surface area contributed by atoms with Crippen LogP contribution in [0.2, 0.25) is 0 Å². The molecule has 0 radical (unpaired) electrons. The fourth-order valence-corrected chi connectivity index (χ4v) is 10.5. The quantitative estimate of drug-likeness (QED) is 0.0205. The van der Waals surface area contributed by atoms with Crippen molar-refractivity contribution in [1.82, 2.24) is 5.32 Å². The number of ether oxygens (including phenoxy) is 1. The minimum Gasteiger partial charge on any atom is -0.456 e. The molecule has 0 aromatic rings. The molecule has 494 valence electrons. The third-order valence-corrected chi connectivity index (χ3v) is 16.1. The van der Waals surface area contributed by atoms with E-state index in [0.29, 0.717) is 17.4 Å². The van der Waals surface area contributed by atoms with Gasteiger partial charge in [0.25, 0.3) is 0 Å². The Morgan fingerprint density at radius 1 is 0.419 bits per heavy atom. The summed E-state index contributed by atoms with van der Waals surface area (Å²) in [6.45, 7) is 6.87. The van der Waals surface area contributed by atoms with Crippen molar-refractivity contribution in [2.45, 2.75) is 309 Å². The van der Waals surface area contributed by atoms with Gasteiger partial charge in [0.2, 0.25) is 5.91 Å². The number of carbonyl (C=O) groups excluding carboxylic acids is 2. The fourth-order valence-electron chi connectivity index (χ4n) is 9.72. The summed E-state index contributed by atoms with van der Waals surface area (Å²) in [6, 6.07) is -0.866. The molecule has 0 rings (SSSR count). The van der Waals surface area contributed by atoms with Crippen LogP contribution in [0, 0.1) is 0 Å². The maximum absolute atomic E-state index is 13.6. The number of hydrogen-bond acceptors (Lipinski definition) is 6. The Morgan fingerprint density at radius 3 is 1.14 bits per heavy atom. The number of nitrogens with zero attached hydrogens (tertiary/aromatic N) is 1. The molecule has 0 spiro atoms. The number of quaternary nitrogens is 1. The van der Waals surface area contributed by atoms with Crippen molar-refractivity contribution in [2.24, 2.45) is 0 Å². The number of unbranched alkanes of at least 4 members (excludes halogenated alkanes) is 29. The molecule has 0 aliphatic heterocycles. The summed E-state index contributed by atoms with van der Waals surface area (Å²) in [6.07, 6.45) is 90.6. The van der Waals surface area contributed by atoms with Crippen LogP contribution in [0.4, 0.5) is 0 Å². The summed E-state index contributed by atoms with van der Waals surface area (Å²) in [5, 5.41) is 3.06. The molecule has 0 aromatic carbocycles. The lowest BCUT2D eigenvalue weighted by Gasteiger charge is -2.27. The van der Waals surface area contributed by atoms with Gasteiger partial charge in [-0.3, -0.25) is 18.6 Å². The van der Waals surface area contributed by atoms with Gasteiger partial charge in [-0.2, -0.15) is 0 Å². The lowest BCUT2D eigenvalue weighted by Crippen LogP contribution is -2.47. The van der Waals surface area contributed by atoms with E-state index in [1.54, 1.807) is 0 Å². The van der Waals surface area contributed by atoms with E-state index >= 15 is 0 Å². The van der Waals surface area contributed by atoms with Gasteiger partial charge < -0.3 is 19.4 Å². The van der Waals surface area contributed by atoms with Gasteiger partial charge in [0.15, 0.2) is 0 Å². The molecule has 1 amide bonds. The van der Waals surface area contributed by atoms with Crippen molar-refractivity contribution in [3.05, 3.63) is 122 Å². The Kier molecular flexibility index (Phi) is 61.7. The fraction of sp³-hybridized carbons (Fsp3) is 0.711. The molecule has 3 atom stereocenters. The number of phosphoric ester groups is 1. The van der Waals surface area contributed by atoms with Crippen molar-refractivity contribution in [3.63, 3.8) is 0 Å². The van der Waals surface area contributed by atoms with E-state index in [9.17, 15) is 19.0 Å². The van der Waals surface area contributed by atoms with E-state index in [-0.39, 0.29) is 31.5 Å². The van der Waals surface area contributed by atoms with Crippen molar-refractivity contribution < 1.29 is 37.3 Å². The molecular formula is C76H134N2O7P+. The standard InChI is InChI=1S/C76H133N2O7P/c1-7-10-13-16-19-22-25-28-30-32-34-36-38-39-41-42-44-46-48-50-53-56-59-62-65-68-75(79)77-73(72-84-86(81,82)83-71-70-78(4,5)6)74(67-64-61-58-55-52-27-24-21-18-15-12-9-3)85-76(80)69-66-63-60-57-54-51-49-47-45-43-40-37-35-33-31-29-26-23-20-17-14-11-8-2/h10,13,19-20,22-23,28-31,34-37,39,41,43,45,64,67,73-74H,7-9,11-12,14-18,21,24-27,32-33,38,40,42,44,46-63,65-66,68-72H2,1-6H3,(H-,77,79,81,82)/p+1/b13-10-,22-19-,23-20-,30-28-,31-29-,36-34-,37-35-,41-39-,45-43-,67-64+. The summed E-state index contributed by atoms with van der Waals surface area (Å²) in [4.78, 5) is 37.9. The molecular weight excluding hydrogens is 1080 g/mol. The smallest absolute Gasteiger partial charge is 0.456 e. The first-order valence-corrected chi connectivity index (χ1v) is 36.9. The van der Waals surface area contributed by atoms with Gasteiger partial charge in [-0.05, 0) is 122 Å². The third kappa shape index (κ3) is 64.9. The number of nitrogens with one attached hydrogen (secondary N) is 1. The molecule has 2 N–H and O–H groups in total. The molecule has 86 heavy (non-hydrogen) atoms. The average molecular weight is 1220 g/mol. The zero-order chi connectivity index (χ0) is 62.8. The number of allylic oxidation sites excluding steroid dienone is 19. The maximum atomic E-state index is 13.6. The van der Waals surface area contributed by atoms with Crippen LogP contribution in [0.3, 0.4) is 0 Å². The summed E-state index contributed by atoms with van der Waals surface area (Å²) >= 11 is 0. The van der Waals surface area contributed by atoms with Crippen LogP contribution < -0.4 is 5.32 Å². The van der Waals surface area contributed by atoms with Gasteiger partial charge in [-0.25, -0.2) is 4.57 Å². The monoisotopic (exact) mass is 1220 g/mol. The van der Waals surface area contributed by atoms with Gasteiger partial charge in [0.05, 0.1) is 33.8 Å². The van der Waals surface area contributed by atoms with Crippen LogP contribution in [-0.2, 0) is 27.9 Å². The van der Waals surface area contributed by atoms with E-state index in [0.717, 1.165) is 135 Å². The first-order chi connectivity index (χ1) is 41.9. The van der Waals surface area contributed by atoms with Crippen LogP contribution in [0.25, 0.3) is 0 Å². The van der Waals surface area contributed by atoms with Crippen LogP contribution in [0.1, 0.15) is 297 Å². The van der Waals surface area contributed by atoms with Gasteiger partial charge >= 0.3 is 13.8 Å². The Balaban J connectivity index is 5.14. The third-order valence-electron chi connectivity index (χ3n) is 15.1. The molecule has 0 aromatic heterocycles. The molecule has 0 heterocycles. The van der Waals surface area contributed by atoms with Crippen LogP contribution in [0.5, 0.6) is 0 Å². The van der Waals surface area contributed by atoms with E-state index in [1.165, 1.54) is 128 Å². The van der Waals surface area contributed by atoms with Crippen molar-refractivity contribution in [2.75, 3.05) is 40.9 Å². The molecule has 0 saturated heterocycles. The van der Waals surface area contributed by atoms with E-state index in [4.69, 9.17) is 13.8 Å². The normalized spacial score (nSPS) is 14.3. The number of amides is 1. The van der Waals surface area contributed by atoms with Crippen LogP contribution in [0.15, 0.2) is 122 Å². The molecule has 0 aliphatic rings. The number of phosphoric acid groups is 1. The number of hydrogen-bond donors (Lipinski definition) is 2. The van der Waals surface area contributed by atoms with Crippen molar-refractivity contribution in [1.29, 1.82) is 0 Å². The van der Waals surface area contributed by atoms with E-state index in [1.807, 2.05) is 33.3 Å². The summed E-state index contributed by atoms with van der Waals surface area (Å²) < 4.78 is 30.8. The molecule has 0 bridgehead atoms. The zero-order valence-corrected chi connectivity index (χ0v) is 57.4. The van der Waals surface area contributed by atoms with Crippen LogP contribution in [-0.4, -0.2) is 74.3 Å². The Hall–Kier alpha value is -3.59. The highest BCUT2D eigenvalue weighted by Crippen LogP contribution is 2.43. The van der Waals surface area contributed by atoms with Gasteiger partial charge in [0, 0.05) is 12.8 Å². The maximum Gasteiger partial charge on any atom is 0.472 e. The first kappa shape index (κ1) is 82.4. The van der Waals surface area contributed by atoms with Gasteiger partial charge in [0.1, 0.15) is 19.3 Å². The predicted molar refractivity (Wildman–Crippen MR) is 373 cm³/mol. The predicted octanol–water partition coefficient (Wildman–Crippen LogP) is 22.6. The molecule has 10 heteroatoms. The topological polar surface area (TPSA) is 111 Å². The minimum absolute atomic E-state index is 0.0312. The summed E-state index contributed by atoms with van der Waals surface area (Å²) in [5.74, 6) is -0.526. The largest absolute Gasteiger partial charge is 0.472 e. The second-order valence-electron chi connectivity index (χ2n) is 24.7. The molecule has 3 unspecified atom stereocenters. The lowest BCUT2D eigenvalue weighted by atomic mass is 10.0. The SMILES string of the molecule is CC/C=C\C/C=C\C/C=C\C/C=C\C/C=C\CCCCCCCCCCCC(=O)NC(COP(=O)(O)OCC[N+](C)(C)C)C(/C=C/CCCCCCCCCCCC)OC(=O)CCCCCCCCC/C=C\C/C=C\C/C=C\C/C=C\CCCCC. The number of rotatable bonds is 63. The molecule has 0 aliphatic carbocycles. The lowest BCUT2D eigenvalue weighted by molar-refractivity contribution is -0.870. The average Bonchev–Trinajstić information content (AvgIpc) is 3.69. The highest BCUT2D eigenvalue weighted by Gasteiger charge is 2.30. The number of carbonyl (C=O) groups is 2. The highest BCUT2D eigenvalue weighted by atomic mass is 31.2. The van der Waals surface area contributed by atoms with Crippen molar-refractivity contribution >= 4 is 19.7 Å². The second-order valence-corrected chi connectivity index (χ2v) is 26.1. The Morgan fingerprint density at radius 2 is 0.744 bits per heavy atom. The van der Waals surface area contributed by atoms with E-state index in [2.05, 4.69) is 135 Å². The van der Waals surface area contributed by atoms with Crippen molar-refractivity contribution in [3.8, 4) is 0 Å². The molecule has 9 nitrogen and oxygen atoms in total. The second kappa shape index (κ2) is 64.4. The minimum atomic E-state index is -4.47. The Labute approximate surface area is 531 Å². The number of esters is 1. The molecule has 0 fully saturated rings. The summed E-state index contributed by atoms with van der Waals surface area (Å²) in [7, 11) is 1.47. The first-order valence-electron chi connectivity index (χ1n) is 35.4. The Bertz CT molecular complexity index is 1890. The van der Waals surface area contributed by atoms with E-state index < -0.39 is 20.0 Å². The summed E-state index contributed by atoms with van der Waals surface area (Å²) in [5.41, 5.74) is 0. The zero-order valence-electron chi connectivity index (χ0n) is 56.5. The van der Waals surface area contributed by atoms with Gasteiger partial charge in [-0.15, -0.1) is 0 Å². The van der Waals surface area contributed by atoms with Gasteiger partial charge in [-0.1, -0.05) is 284 Å². The highest BCUT2D eigenvalue weighted by molar-refractivity contribution is 7.47. The van der Waals surface area contributed by atoms with Crippen LogP contribution >= 0.6 is 7.82 Å².